The third-order valence-electron chi connectivity index (χ3n) is 7.10. The molecule has 4 atom stereocenters. The summed E-state index contributed by atoms with van der Waals surface area (Å²) in [7, 11) is 0. The van der Waals surface area contributed by atoms with Crippen LogP contribution >= 0.6 is 39.1 Å². The highest BCUT2D eigenvalue weighted by molar-refractivity contribution is 9.10. The van der Waals surface area contributed by atoms with E-state index in [4.69, 9.17) is 23.2 Å². The molecule has 3 amide bonds. The first-order chi connectivity index (χ1) is 14.9. The van der Waals surface area contributed by atoms with E-state index in [1.807, 2.05) is 18.2 Å². The summed E-state index contributed by atoms with van der Waals surface area (Å²) in [6, 6.07) is 10.1. The minimum Gasteiger partial charge on any atom is -0.324 e. The molecule has 0 unspecified atom stereocenters. The van der Waals surface area contributed by atoms with Crippen LogP contribution in [0.4, 0.5) is 11.4 Å². The second kappa shape index (κ2) is 6.54. The van der Waals surface area contributed by atoms with Crippen molar-refractivity contribution in [3.8, 4) is 0 Å². The van der Waals surface area contributed by atoms with Crippen LogP contribution in [0.15, 0.2) is 40.9 Å². The molecule has 4 heterocycles. The first-order valence-corrected chi connectivity index (χ1v) is 11.6. The summed E-state index contributed by atoms with van der Waals surface area (Å²) in [4.78, 5) is 44.3. The second-order valence-electron chi connectivity index (χ2n) is 8.42. The molecule has 1 N–H and O–H groups in total. The number of imide groups is 1. The maximum Gasteiger partial charge on any atom is 0.250 e. The molecule has 0 aromatic heterocycles. The van der Waals surface area contributed by atoms with E-state index in [-0.39, 0.29) is 28.6 Å². The number of benzene rings is 2. The number of hydrogen-bond acceptors (Lipinski definition) is 4. The first-order valence-electron chi connectivity index (χ1n) is 10.1. The van der Waals surface area contributed by atoms with Gasteiger partial charge >= 0.3 is 0 Å². The number of anilines is 2. The van der Waals surface area contributed by atoms with Crippen molar-refractivity contribution in [2.45, 2.75) is 24.4 Å². The Morgan fingerprint density at radius 1 is 1.06 bits per heavy atom. The zero-order valence-corrected chi connectivity index (χ0v) is 19.2. The Balaban J connectivity index is 1.58. The number of rotatable bonds is 1. The molecule has 3 saturated heterocycles. The molecular weight excluding hydrogens is 505 g/mol. The van der Waals surface area contributed by atoms with Crippen molar-refractivity contribution >= 4 is 68.2 Å². The van der Waals surface area contributed by atoms with Gasteiger partial charge in [0.1, 0.15) is 5.54 Å². The number of carbonyl (C=O) groups is 3. The standard InChI is InChI=1S/C22H16BrCl2N3O3/c23-10-3-6-14-12(8-10)22(21(31)26-14)18-17(15-2-1-7-27(15)22)19(29)28(20(18)30)16-9-11(24)4-5-13(16)25/h3-6,8-9,15,17-18H,1-2,7H2,(H,26,31)/t15-,17+,18+,22+/m0/s1. The summed E-state index contributed by atoms with van der Waals surface area (Å²) in [6.45, 7) is 0.662. The summed E-state index contributed by atoms with van der Waals surface area (Å²) in [5.74, 6) is -2.41. The average Bonchev–Trinajstić information content (AvgIpc) is 3.43. The number of hydrogen-bond donors (Lipinski definition) is 1. The largest absolute Gasteiger partial charge is 0.324 e. The maximum atomic E-state index is 13.9. The normalized spacial score (nSPS) is 31.4. The Kier molecular flexibility index (Phi) is 4.16. The summed E-state index contributed by atoms with van der Waals surface area (Å²) < 4.78 is 0.813. The molecular formula is C22H16BrCl2N3O3. The summed E-state index contributed by atoms with van der Waals surface area (Å²) >= 11 is 16.0. The van der Waals surface area contributed by atoms with Gasteiger partial charge in [0.15, 0.2) is 0 Å². The van der Waals surface area contributed by atoms with Crippen LogP contribution in [-0.2, 0) is 19.9 Å². The van der Waals surface area contributed by atoms with Gasteiger partial charge in [-0.3, -0.25) is 19.3 Å². The maximum absolute atomic E-state index is 13.9. The monoisotopic (exact) mass is 519 g/mol. The van der Waals surface area contributed by atoms with Crippen LogP contribution < -0.4 is 10.2 Å². The van der Waals surface area contributed by atoms with E-state index in [0.29, 0.717) is 17.3 Å². The van der Waals surface area contributed by atoms with E-state index in [1.54, 1.807) is 12.1 Å². The Morgan fingerprint density at radius 2 is 1.87 bits per heavy atom. The molecule has 1 spiro atoms. The molecule has 4 aliphatic heterocycles. The van der Waals surface area contributed by atoms with E-state index in [1.165, 1.54) is 6.07 Å². The number of nitrogens with zero attached hydrogens (tertiary/aromatic N) is 2. The van der Waals surface area contributed by atoms with Crippen molar-refractivity contribution in [3.05, 3.63) is 56.5 Å². The van der Waals surface area contributed by atoms with Gasteiger partial charge in [0.05, 0.1) is 22.5 Å². The summed E-state index contributed by atoms with van der Waals surface area (Å²) in [5, 5.41) is 3.61. The molecule has 6 nitrogen and oxygen atoms in total. The predicted molar refractivity (Wildman–Crippen MR) is 120 cm³/mol. The molecule has 0 saturated carbocycles. The second-order valence-corrected chi connectivity index (χ2v) is 10.2. The summed E-state index contributed by atoms with van der Waals surface area (Å²) in [6.07, 6.45) is 1.63. The zero-order chi connectivity index (χ0) is 21.7. The molecule has 0 bridgehead atoms. The van der Waals surface area contributed by atoms with Crippen molar-refractivity contribution < 1.29 is 14.4 Å². The molecule has 6 rings (SSSR count). The average molecular weight is 521 g/mol. The number of halogens is 3. The van der Waals surface area contributed by atoms with Gasteiger partial charge in [-0.1, -0.05) is 39.1 Å². The highest BCUT2D eigenvalue weighted by atomic mass is 79.9. The van der Waals surface area contributed by atoms with E-state index in [0.717, 1.165) is 27.8 Å². The molecule has 2 aromatic carbocycles. The fraction of sp³-hybridized carbons (Fsp3) is 0.318. The van der Waals surface area contributed by atoms with Crippen molar-refractivity contribution in [2.75, 3.05) is 16.8 Å². The Morgan fingerprint density at radius 3 is 2.68 bits per heavy atom. The first kappa shape index (κ1) is 19.7. The Labute approximate surface area is 196 Å². The lowest BCUT2D eigenvalue weighted by atomic mass is 9.75. The van der Waals surface area contributed by atoms with Gasteiger partial charge in [-0.2, -0.15) is 0 Å². The minimum absolute atomic E-state index is 0.180. The molecule has 0 radical (unpaired) electrons. The minimum atomic E-state index is -1.21. The van der Waals surface area contributed by atoms with Crippen molar-refractivity contribution in [1.82, 2.24) is 4.90 Å². The van der Waals surface area contributed by atoms with Crippen LogP contribution in [0.1, 0.15) is 18.4 Å². The van der Waals surface area contributed by atoms with Gasteiger partial charge in [-0.05, 0) is 55.8 Å². The lowest BCUT2D eigenvalue weighted by Crippen LogP contribution is -2.54. The van der Waals surface area contributed by atoms with Crippen LogP contribution in [0.3, 0.4) is 0 Å². The van der Waals surface area contributed by atoms with Gasteiger partial charge in [-0.25, -0.2) is 4.90 Å². The molecule has 0 aliphatic carbocycles. The van der Waals surface area contributed by atoms with Crippen LogP contribution in [0.25, 0.3) is 0 Å². The predicted octanol–water partition coefficient (Wildman–Crippen LogP) is 4.19. The van der Waals surface area contributed by atoms with Crippen molar-refractivity contribution in [2.24, 2.45) is 11.8 Å². The Bertz CT molecular complexity index is 1200. The van der Waals surface area contributed by atoms with E-state index < -0.39 is 23.3 Å². The van der Waals surface area contributed by atoms with E-state index in [9.17, 15) is 14.4 Å². The quantitative estimate of drug-likeness (QED) is 0.572. The lowest BCUT2D eigenvalue weighted by molar-refractivity contribution is -0.135. The number of carbonyl (C=O) groups excluding carboxylic acids is 3. The molecule has 2 aromatic rings. The highest BCUT2D eigenvalue weighted by Gasteiger charge is 2.74. The van der Waals surface area contributed by atoms with Gasteiger partial charge in [0.2, 0.25) is 17.7 Å². The highest BCUT2D eigenvalue weighted by Crippen LogP contribution is 2.61. The molecule has 158 valence electrons. The van der Waals surface area contributed by atoms with Crippen LogP contribution in [0.2, 0.25) is 10.0 Å². The Hall–Kier alpha value is -1.93. The van der Waals surface area contributed by atoms with Crippen molar-refractivity contribution in [3.63, 3.8) is 0 Å². The summed E-state index contributed by atoms with van der Waals surface area (Å²) in [5.41, 5.74) is 0.480. The molecule has 4 aliphatic rings. The molecule has 31 heavy (non-hydrogen) atoms. The van der Waals surface area contributed by atoms with Crippen LogP contribution in [0.5, 0.6) is 0 Å². The van der Waals surface area contributed by atoms with E-state index >= 15 is 0 Å². The third-order valence-corrected chi connectivity index (χ3v) is 8.15. The fourth-order valence-electron chi connectivity index (χ4n) is 6.07. The van der Waals surface area contributed by atoms with Gasteiger partial charge in [-0.15, -0.1) is 0 Å². The number of fused-ring (bicyclic) bond motifs is 7. The van der Waals surface area contributed by atoms with Gasteiger partial charge in [0.25, 0.3) is 0 Å². The smallest absolute Gasteiger partial charge is 0.250 e. The van der Waals surface area contributed by atoms with E-state index in [2.05, 4.69) is 26.1 Å². The van der Waals surface area contributed by atoms with Gasteiger partial charge < -0.3 is 5.32 Å². The van der Waals surface area contributed by atoms with Crippen LogP contribution in [-0.4, -0.2) is 35.2 Å². The van der Waals surface area contributed by atoms with Crippen LogP contribution in [0, 0.1) is 11.8 Å². The number of nitrogens with one attached hydrogen (secondary N) is 1. The fourth-order valence-corrected chi connectivity index (χ4v) is 6.80. The SMILES string of the molecule is O=C1[C@@H]2[C@@H]3CCCN3[C@@]3(C(=O)Nc4ccc(Br)cc43)[C@H]2C(=O)N1c1cc(Cl)ccc1Cl. The van der Waals surface area contributed by atoms with Crippen molar-refractivity contribution in [1.29, 1.82) is 0 Å². The molecule has 9 heteroatoms. The molecule has 3 fully saturated rings. The zero-order valence-electron chi connectivity index (χ0n) is 16.1. The third kappa shape index (κ3) is 2.35. The number of amides is 3. The topological polar surface area (TPSA) is 69.7 Å². The van der Waals surface area contributed by atoms with Gasteiger partial charge in [0, 0.05) is 26.8 Å². The lowest BCUT2D eigenvalue weighted by Gasteiger charge is -2.36.